The first kappa shape index (κ1) is 19.6. The first-order chi connectivity index (χ1) is 13.4. The molecule has 0 fully saturated rings. The average molecular weight is 408 g/mol. The van der Waals surface area contributed by atoms with E-state index in [1.165, 1.54) is 12.1 Å². The van der Waals surface area contributed by atoms with Crippen molar-refractivity contribution in [3.8, 4) is 16.5 Å². The summed E-state index contributed by atoms with van der Waals surface area (Å²) >= 11 is 1.55. The summed E-state index contributed by atoms with van der Waals surface area (Å²) in [6.07, 6.45) is -4.47. The molecule has 0 saturated heterocycles. The van der Waals surface area contributed by atoms with Gasteiger partial charge in [0.25, 0.3) is 0 Å². The van der Waals surface area contributed by atoms with Gasteiger partial charge in [-0.25, -0.2) is 4.79 Å². The fourth-order valence-corrected chi connectivity index (χ4v) is 2.91. The van der Waals surface area contributed by atoms with Crippen LogP contribution in [0.25, 0.3) is 10.6 Å². The molecule has 0 saturated carbocycles. The lowest BCUT2D eigenvalue weighted by atomic mass is 10.2. The van der Waals surface area contributed by atoms with Crippen molar-refractivity contribution < 1.29 is 22.7 Å². The number of thiophene rings is 1. The maximum Gasteiger partial charge on any atom is 0.416 e. The van der Waals surface area contributed by atoms with Crippen LogP contribution >= 0.6 is 11.3 Å². The van der Waals surface area contributed by atoms with Crippen molar-refractivity contribution in [1.82, 2.24) is 15.5 Å². The molecule has 2 N–H and O–H groups in total. The topological polar surface area (TPSA) is 76.1 Å². The number of carbonyl (C=O) groups excluding carboxylic acids is 1. The molecule has 0 aliphatic carbocycles. The lowest BCUT2D eigenvalue weighted by molar-refractivity contribution is -0.137. The van der Waals surface area contributed by atoms with Gasteiger partial charge < -0.3 is 15.4 Å². The number of hydrogen-bond acceptors (Lipinski definition) is 5. The smallest absolute Gasteiger partial charge is 0.416 e. The summed E-state index contributed by atoms with van der Waals surface area (Å²) in [4.78, 5) is 12.8. The van der Waals surface area contributed by atoms with Gasteiger partial charge in [-0.1, -0.05) is 12.1 Å². The van der Waals surface area contributed by atoms with E-state index in [-0.39, 0.29) is 18.8 Å². The Morgan fingerprint density at radius 2 is 1.96 bits per heavy atom. The molecule has 2 heterocycles. The van der Waals surface area contributed by atoms with Gasteiger partial charge in [-0.3, -0.25) is 0 Å². The van der Waals surface area contributed by atoms with Gasteiger partial charge in [0.1, 0.15) is 12.3 Å². The van der Waals surface area contributed by atoms with E-state index in [1.807, 2.05) is 17.5 Å². The molecule has 3 rings (SSSR count). The van der Waals surface area contributed by atoms with Crippen LogP contribution in [-0.4, -0.2) is 29.4 Å². The summed E-state index contributed by atoms with van der Waals surface area (Å²) in [5, 5.41) is 14.8. The molecule has 0 bridgehead atoms. The Morgan fingerprint density at radius 3 is 2.64 bits per heavy atom. The summed E-state index contributed by atoms with van der Waals surface area (Å²) in [5.41, 5.74) is -0.0533. The average Bonchev–Trinajstić information content (AvgIpc) is 3.20. The number of ether oxygens (including phenoxy) is 1. The summed E-state index contributed by atoms with van der Waals surface area (Å²) in [6, 6.07) is 11.1. The number of rotatable bonds is 6. The third-order valence-corrected chi connectivity index (χ3v) is 4.39. The predicted octanol–water partition coefficient (Wildman–Crippen LogP) is 4.42. The number of anilines is 1. The number of alkyl halides is 3. The van der Waals surface area contributed by atoms with Crippen molar-refractivity contribution >= 4 is 23.1 Å². The molecule has 10 heteroatoms. The minimum atomic E-state index is -4.47. The van der Waals surface area contributed by atoms with Crippen molar-refractivity contribution in [3.05, 3.63) is 59.5 Å². The normalized spacial score (nSPS) is 11.1. The summed E-state index contributed by atoms with van der Waals surface area (Å²) in [7, 11) is 0. The van der Waals surface area contributed by atoms with E-state index >= 15 is 0 Å². The van der Waals surface area contributed by atoms with Gasteiger partial charge in [-0.05, 0) is 35.7 Å². The third-order valence-electron chi connectivity index (χ3n) is 3.50. The van der Waals surface area contributed by atoms with Crippen LogP contribution in [0.1, 0.15) is 5.56 Å². The van der Waals surface area contributed by atoms with Crippen LogP contribution < -0.4 is 15.4 Å². The van der Waals surface area contributed by atoms with E-state index in [1.54, 1.807) is 23.5 Å². The molecule has 1 aromatic carbocycles. The number of aromatic nitrogens is 2. The molecule has 146 valence electrons. The van der Waals surface area contributed by atoms with Gasteiger partial charge >= 0.3 is 12.2 Å². The van der Waals surface area contributed by atoms with Crippen molar-refractivity contribution in [1.29, 1.82) is 0 Å². The first-order valence-corrected chi connectivity index (χ1v) is 9.02. The van der Waals surface area contributed by atoms with Crippen molar-refractivity contribution in [3.63, 3.8) is 0 Å². The molecule has 0 aliphatic heterocycles. The van der Waals surface area contributed by atoms with Crippen molar-refractivity contribution in [2.75, 3.05) is 18.5 Å². The Morgan fingerprint density at radius 1 is 1.11 bits per heavy atom. The van der Waals surface area contributed by atoms with Crippen LogP contribution in [0.3, 0.4) is 0 Å². The Balaban J connectivity index is 1.42. The zero-order valence-electron chi connectivity index (χ0n) is 14.4. The SMILES string of the molecule is O=C(NCCOc1ccc(-c2cccs2)nn1)Nc1cccc(C(F)(F)F)c1. The van der Waals surface area contributed by atoms with Crippen molar-refractivity contribution in [2.45, 2.75) is 6.18 Å². The van der Waals surface area contributed by atoms with Crippen LogP contribution in [-0.2, 0) is 6.18 Å². The number of amides is 2. The Bertz CT molecular complexity index is 915. The number of nitrogens with one attached hydrogen (secondary N) is 2. The fourth-order valence-electron chi connectivity index (χ4n) is 2.22. The van der Waals surface area contributed by atoms with E-state index < -0.39 is 17.8 Å². The van der Waals surface area contributed by atoms with Crippen LogP contribution in [0.2, 0.25) is 0 Å². The standard InChI is InChI=1S/C18H15F3N4O2S/c19-18(20,21)12-3-1-4-13(11-12)23-17(26)22-8-9-27-16-7-6-14(24-25-16)15-5-2-10-28-15/h1-7,10-11H,8-9H2,(H2,22,23,26). The molecule has 3 aromatic rings. The van der Waals surface area contributed by atoms with E-state index in [9.17, 15) is 18.0 Å². The van der Waals surface area contributed by atoms with Crippen LogP contribution in [0.5, 0.6) is 5.88 Å². The minimum absolute atomic E-state index is 0.0447. The minimum Gasteiger partial charge on any atom is -0.475 e. The summed E-state index contributed by atoms with van der Waals surface area (Å²) in [5.74, 6) is 0.306. The number of urea groups is 1. The second-order valence-electron chi connectivity index (χ2n) is 5.54. The van der Waals surface area contributed by atoms with Gasteiger partial charge in [-0.2, -0.15) is 13.2 Å². The molecule has 0 spiro atoms. The van der Waals surface area contributed by atoms with Crippen LogP contribution in [0.15, 0.2) is 53.9 Å². The predicted molar refractivity (Wildman–Crippen MR) is 99.3 cm³/mol. The third kappa shape index (κ3) is 5.43. The molecule has 2 aromatic heterocycles. The first-order valence-electron chi connectivity index (χ1n) is 8.14. The molecule has 0 atom stereocenters. The summed E-state index contributed by atoms with van der Waals surface area (Å²) < 4.78 is 43.4. The molecule has 6 nitrogen and oxygen atoms in total. The number of carbonyl (C=O) groups is 1. The number of halogens is 3. The Hall–Kier alpha value is -3.14. The number of hydrogen-bond donors (Lipinski definition) is 2. The molecule has 28 heavy (non-hydrogen) atoms. The molecular formula is C18H15F3N4O2S. The van der Waals surface area contributed by atoms with Gasteiger partial charge in [0, 0.05) is 11.8 Å². The highest BCUT2D eigenvalue weighted by atomic mass is 32.1. The van der Waals surface area contributed by atoms with Crippen molar-refractivity contribution in [2.24, 2.45) is 0 Å². The highest BCUT2D eigenvalue weighted by Crippen LogP contribution is 2.30. The van der Waals surface area contributed by atoms with Crippen LogP contribution in [0.4, 0.5) is 23.7 Å². The van der Waals surface area contributed by atoms with Gasteiger partial charge in [0.15, 0.2) is 0 Å². The van der Waals surface area contributed by atoms with Gasteiger partial charge in [0.05, 0.1) is 17.0 Å². The highest BCUT2D eigenvalue weighted by Gasteiger charge is 2.30. The molecular weight excluding hydrogens is 393 g/mol. The lowest BCUT2D eigenvalue weighted by Crippen LogP contribution is -2.32. The van der Waals surface area contributed by atoms with E-state index in [0.29, 0.717) is 5.88 Å². The Kier molecular flexibility index (Phi) is 6.09. The monoisotopic (exact) mass is 408 g/mol. The van der Waals surface area contributed by atoms with Gasteiger partial charge in [0.2, 0.25) is 5.88 Å². The zero-order chi connectivity index (χ0) is 20.0. The maximum absolute atomic E-state index is 12.7. The molecule has 0 aliphatic rings. The number of nitrogens with zero attached hydrogens (tertiary/aromatic N) is 2. The quantitative estimate of drug-likeness (QED) is 0.592. The van der Waals surface area contributed by atoms with E-state index in [2.05, 4.69) is 20.8 Å². The molecule has 0 radical (unpaired) electrons. The number of benzene rings is 1. The maximum atomic E-state index is 12.7. The molecule has 0 unspecified atom stereocenters. The van der Waals surface area contributed by atoms with Crippen LogP contribution in [0, 0.1) is 0 Å². The largest absolute Gasteiger partial charge is 0.475 e. The van der Waals surface area contributed by atoms with Gasteiger partial charge in [-0.15, -0.1) is 21.5 Å². The second kappa shape index (κ2) is 8.70. The lowest BCUT2D eigenvalue weighted by Gasteiger charge is -2.11. The second-order valence-corrected chi connectivity index (χ2v) is 6.49. The Labute approximate surface area is 162 Å². The zero-order valence-corrected chi connectivity index (χ0v) is 15.2. The molecule has 2 amide bonds. The highest BCUT2D eigenvalue weighted by molar-refractivity contribution is 7.13. The summed E-state index contributed by atoms with van der Waals surface area (Å²) in [6.45, 7) is 0.266. The van der Waals surface area contributed by atoms with E-state index in [4.69, 9.17) is 4.74 Å². The van der Waals surface area contributed by atoms with E-state index in [0.717, 1.165) is 22.7 Å². The fraction of sp³-hybridized carbons (Fsp3) is 0.167.